The van der Waals surface area contributed by atoms with Gasteiger partial charge in [0.25, 0.3) is 0 Å². The molecular formula is C21H26N8O. The average Bonchev–Trinajstić information content (AvgIpc) is 3.29. The van der Waals surface area contributed by atoms with E-state index in [9.17, 15) is 4.79 Å². The van der Waals surface area contributed by atoms with Crippen LogP contribution in [-0.4, -0.2) is 69.7 Å². The second kappa shape index (κ2) is 9.84. The fourth-order valence-electron chi connectivity index (χ4n) is 3.41. The van der Waals surface area contributed by atoms with Crippen molar-refractivity contribution in [1.29, 1.82) is 0 Å². The number of carbonyl (C=O) groups excluding carboxylic acids is 1. The minimum atomic E-state index is -0.186. The molecule has 2 aromatic heterocycles. The molecule has 0 aliphatic carbocycles. The number of hydrogen-bond acceptors (Lipinski definition) is 6. The molecule has 0 unspecified atom stereocenters. The zero-order chi connectivity index (χ0) is 20.6. The zero-order valence-corrected chi connectivity index (χ0v) is 16.8. The second-order valence-electron chi connectivity index (χ2n) is 7.19. The number of rotatable bonds is 7. The first-order chi connectivity index (χ1) is 14.8. The van der Waals surface area contributed by atoms with Crippen molar-refractivity contribution in [2.75, 3.05) is 49.5 Å². The molecule has 0 saturated carbocycles. The standard InChI is InChI=1S/C21H26N8O/c30-21(26-19-4-2-18(3-5-19)16-28-10-8-22-17-28)25-9-11-27-12-14-29(15-13-27)20-23-6-1-7-24-20/h1-8,10,17H,9,11-16H2,(H2,25,26,30). The molecule has 1 fully saturated rings. The maximum atomic E-state index is 12.2. The molecule has 2 N–H and O–H groups in total. The maximum Gasteiger partial charge on any atom is 0.319 e. The van der Waals surface area contributed by atoms with E-state index < -0.39 is 0 Å². The number of benzene rings is 1. The van der Waals surface area contributed by atoms with Crippen LogP contribution >= 0.6 is 0 Å². The first-order valence-electron chi connectivity index (χ1n) is 10.1. The Morgan fingerprint density at radius 3 is 2.47 bits per heavy atom. The van der Waals surface area contributed by atoms with E-state index in [0.29, 0.717) is 6.54 Å². The van der Waals surface area contributed by atoms with Crippen molar-refractivity contribution in [2.24, 2.45) is 0 Å². The van der Waals surface area contributed by atoms with Crippen LogP contribution in [-0.2, 0) is 6.54 Å². The summed E-state index contributed by atoms with van der Waals surface area (Å²) in [4.78, 5) is 29.3. The van der Waals surface area contributed by atoms with E-state index in [-0.39, 0.29) is 6.03 Å². The summed E-state index contributed by atoms with van der Waals surface area (Å²) in [5, 5.41) is 5.81. The Morgan fingerprint density at radius 2 is 1.77 bits per heavy atom. The summed E-state index contributed by atoms with van der Waals surface area (Å²) in [5.74, 6) is 0.783. The smallest absolute Gasteiger partial charge is 0.319 e. The van der Waals surface area contributed by atoms with Gasteiger partial charge in [0.05, 0.1) is 6.33 Å². The fraction of sp³-hybridized carbons (Fsp3) is 0.333. The number of amides is 2. The van der Waals surface area contributed by atoms with Gasteiger partial charge in [0, 0.05) is 76.3 Å². The Morgan fingerprint density at radius 1 is 1.00 bits per heavy atom. The third-order valence-electron chi connectivity index (χ3n) is 5.06. The number of carbonyl (C=O) groups is 1. The van der Waals surface area contributed by atoms with Crippen molar-refractivity contribution < 1.29 is 4.79 Å². The van der Waals surface area contributed by atoms with E-state index in [1.807, 2.05) is 41.1 Å². The SMILES string of the molecule is O=C(NCCN1CCN(c2ncccn2)CC1)Nc1ccc(Cn2ccnc2)cc1. The highest BCUT2D eigenvalue weighted by atomic mass is 16.2. The van der Waals surface area contributed by atoms with E-state index >= 15 is 0 Å². The maximum absolute atomic E-state index is 12.2. The van der Waals surface area contributed by atoms with Gasteiger partial charge in [0.2, 0.25) is 5.95 Å². The molecule has 9 nitrogen and oxygen atoms in total. The molecule has 3 heterocycles. The van der Waals surface area contributed by atoms with Gasteiger partial charge < -0.3 is 20.1 Å². The molecule has 2 amide bonds. The van der Waals surface area contributed by atoms with Crippen molar-refractivity contribution in [3.05, 3.63) is 67.0 Å². The predicted molar refractivity (Wildman–Crippen MR) is 115 cm³/mol. The van der Waals surface area contributed by atoms with E-state index in [4.69, 9.17) is 0 Å². The van der Waals surface area contributed by atoms with Crippen molar-refractivity contribution in [1.82, 2.24) is 29.7 Å². The van der Waals surface area contributed by atoms with Crippen molar-refractivity contribution in [3.8, 4) is 0 Å². The average molecular weight is 406 g/mol. The summed E-state index contributed by atoms with van der Waals surface area (Å²) in [6.45, 7) is 5.83. The molecule has 4 rings (SSSR count). The molecule has 1 aliphatic heterocycles. The lowest BCUT2D eigenvalue weighted by molar-refractivity contribution is 0.240. The number of anilines is 2. The van der Waals surface area contributed by atoms with Gasteiger partial charge in [-0.05, 0) is 23.8 Å². The van der Waals surface area contributed by atoms with Crippen LogP contribution in [0.3, 0.4) is 0 Å². The van der Waals surface area contributed by atoms with Crippen LogP contribution in [0.4, 0.5) is 16.4 Å². The Labute approximate surface area is 175 Å². The lowest BCUT2D eigenvalue weighted by atomic mass is 10.2. The number of aromatic nitrogens is 4. The Kier molecular flexibility index (Phi) is 6.51. The topological polar surface area (TPSA) is 91.2 Å². The van der Waals surface area contributed by atoms with Crippen molar-refractivity contribution in [3.63, 3.8) is 0 Å². The van der Waals surface area contributed by atoms with Gasteiger partial charge in [-0.3, -0.25) is 4.90 Å². The van der Waals surface area contributed by atoms with Gasteiger partial charge in [0.15, 0.2) is 0 Å². The van der Waals surface area contributed by atoms with Gasteiger partial charge in [-0.1, -0.05) is 12.1 Å². The minimum Gasteiger partial charge on any atom is -0.338 e. The second-order valence-corrected chi connectivity index (χ2v) is 7.19. The monoisotopic (exact) mass is 406 g/mol. The molecule has 9 heteroatoms. The third kappa shape index (κ3) is 5.54. The highest BCUT2D eigenvalue weighted by Gasteiger charge is 2.18. The highest BCUT2D eigenvalue weighted by molar-refractivity contribution is 5.89. The van der Waals surface area contributed by atoms with E-state index in [2.05, 4.69) is 35.4 Å². The molecule has 156 valence electrons. The molecule has 0 bridgehead atoms. The molecule has 1 aromatic carbocycles. The largest absolute Gasteiger partial charge is 0.338 e. The number of hydrogen-bond donors (Lipinski definition) is 2. The van der Waals surface area contributed by atoms with Crippen molar-refractivity contribution in [2.45, 2.75) is 6.54 Å². The van der Waals surface area contributed by atoms with Gasteiger partial charge in [-0.2, -0.15) is 0 Å². The zero-order valence-electron chi connectivity index (χ0n) is 16.8. The highest BCUT2D eigenvalue weighted by Crippen LogP contribution is 2.11. The summed E-state index contributed by atoms with van der Waals surface area (Å²) in [5.41, 5.74) is 1.93. The van der Waals surface area contributed by atoms with Crippen LogP contribution in [0.25, 0.3) is 0 Å². The molecule has 1 aliphatic rings. The molecular weight excluding hydrogens is 380 g/mol. The molecule has 1 saturated heterocycles. The van der Waals surface area contributed by atoms with Crippen LogP contribution in [0.1, 0.15) is 5.56 Å². The summed E-state index contributed by atoms with van der Waals surface area (Å²) in [6, 6.07) is 9.48. The van der Waals surface area contributed by atoms with E-state index in [0.717, 1.165) is 56.5 Å². The van der Waals surface area contributed by atoms with E-state index in [1.165, 1.54) is 0 Å². The van der Waals surface area contributed by atoms with Crippen LogP contribution in [0, 0.1) is 0 Å². The molecule has 0 atom stereocenters. The Bertz CT molecular complexity index is 906. The minimum absolute atomic E-state index is 0.186. The van der Waals surface area contributed by atoms with Crippen LogP contribution in [0.15, 0.2) is 61.4 Å². The first-order valence-corrected chi connectivity index (χ1v) is 10.1. The van der Waals surface area contributed by atoms with Crippen LogP contribution < -0.4 is 15.5 Å². The first kappa shape index (κ1) is 19.8. The predicted octanol–water partition coefficient (Wildman–Crippen LogP) is 1.67. The quantitative estimate of drug-likeness (QED) is 0.620. The van der Waals surface area contributed by atoms with Gasteiger partial charge in [-0.15, -0.1) is 0 Å². The summed E-state index contributed by atoms with van der Waals surface area (Å²) < 4.78 is 2.00. The lowest BCUT2D eigenvalue weighted by Gasteiger charge is -2.34. The summed E-state index contributed by atoms with van der Waals surface area (Å²) in [6.07, 6.45) is 9.01. The van der Waals surface area contributed by atoms with Gasteiger partial charge in [-0.25, -0.2) is 19.7 Å². The Balaban J connectivity index is 1.14. The van der Waals surface area contributed by atoms with Crippen molar-refractivity contribution >= 4 is 17.7 Å². The van der Waals surface area contributed by atoms with Crippen LogP contribution in [0.5, 0.6) is 0 Å². The number of imidazole rings is 1. The lowest BCUT2D eigenvalue weighted by Crippen LogP contribution is -2.49. The number of urea groups is 1. The fourth-order valence-corrected chi connectivity index (χ4v) is 3.41. The summed E-state index contributed by atoms with van der Waals surface area (Å²) in [7, 11) is 0. The van der Waals surface area contributed by atoms with Gasteiger partial charge in [0.1, 0.15) is 0 Å². The number of nitrogens with one attached hydrogen (secondary N) is 2. The normalized spacial score (nSPS) is 14.5. The summed E-state index contributed by atoms with van der Waals surface area (Å²) >= 11 is 0. The number of piperazine rings is 1. The van der Waals surface area contributed by atoms with Crippen LogP contribution in [0.2, 0.25) is 0 Å². The number of nitrogens with zero attached hydrogens (tertiary/aromatic N) is 6. The molecule has 0 spiro atoms. The van der Waals surface area contributed by atoms with E-state index in [1.54, 1.807) is 24.9 Å². The third-order valence-corrected chi connectivity index (χ3v) is 5.06. The van der Waals surface area contributed by atoms with Gasteiger partial charge >= 0.3 is 6.03 Å². The molecule has 0 radical (unpaired) electrons. The molecule has 3 aromatic rings. The Hall–Kier alpha value is -3.46. The molecule has 30 heavy (non-hydrogen) atoms.